The molecule has 0 aromatic rings. The number of rotatable bonds is 3. The van der Waals surface area contributed by atoms with Crippen LogP contribution in [0.4, 0.5) is 0 Å². The zero-order chi connectivity index (χ0) is 8.91. The van der Waals surface area contributed by atoms with Crippen LogP contribution >= 0.6 is 0 Å². The molecule has 0 unspecified atom stereocenters. The molecule has 0 amide bonds. The molecular weight excluding hydrogens is 140 g/mol. The Morgan fingerprint density at radius 1 is 1.55 bits per heavy atom. The maximum Gasteiger partial charge on any atom is 0.315 e. The minimum atomic E-state index is -0.481. The lowest BCUT2D eigenvalue weighted by molar-refractivity contribution is -0.150. The largest absolute Gasteiger partial charge is 0.465 e. The molecular formula is C9H16O2. The molecule has 0 N–H and O–H groups in total. The van der Waals surface area contributed by atoms with Crippen LogP contribution in [-0.4, -0.2) is 12.6 Å². The molecule has 0 aromatic carbocycles. The summed E-state index contributed by atoms with van der Waals surface area (Å²) >= 11 is 0. The van der Waals surface area contributed by atoms with Crippen molar-refractivity contribution in [1.29, 1.82) is 0 Å². The van der Waals surface area contributed by atoms with Gasteiger partial charge < -0.3 is 4.74 Å². The Hall–Kier alpha value is -0.790. The van der Waals surface area contributed by atoms with Crippen molar-refractivity contribution in [1.82, 2.24) is 0 Å². The highest BCUT2D eigenvalue weighted by Gasteiger charge is 2.24. The van der Waals surface area contributed by atoms with E-state index in [2.05, 4.69) is 0 Å². The lowest BCUT2D eigenvalue weighted by atomic mass is 9.93. The number of hydrogen-bond donors (Lipinski definition) is 0. The van der Waals surface area contributed by atoms with Crippen molar-refractivity contribution in [3.63, 3.8) is 0 Å². The fourth-order valence-electron chi connectivity index (χ4n) is 0.802. The normalized spacial score (nSPS) is 12.0. The summed E-state index contributed by atoms with van der Waals surface area (Å²) in [5.74, 6) is -0.168. The number of ether oxygens (including phenoxy) is 1. The average Bonchev–Trinajstić information content (AvgIpc) is 1.88. The van der Waals surface area contributed by atoms with E-state index in [1.54, 1.807) is 0 Å². The van der Waals surface area contributed by atoms with Crippen molar-refractivity contribution in [2.45, 2.75) is 27.7 Å². The van der Waals surface area contributed by atoms with Gasteiger partial charge in [-0.1, -0.05) is 12.2 Å². The molecule has 64 valence electrons. The van der Waals surface area contributed by atoms with Gasteiger partial charge in [-0.15, -0.1) is 0 Å². The minimum absolute atomic E-state index is 0.168. The molecule has 2 heteroatoms. The van der Waals surface area contributed by atoms with Gasteiger partial charge in [0.05, 0.1) is 12.0 Å². The van der Waals surface area contributed by atoms with E-state index in [9.17, 15) is 4.79 Å². The molecule has 0 aliphatic heterocycles. The second-order valence-electron chi connectivity index (χ2n) is 2.94. The molecule has 11 heavy (non-hydrogen) atoms. The third-order valence-corrected chi connectivity index (χ3v) is 1.38. The van der Waals surface area contributed by atoms with Crippen LogP contribution in [0.3, 0.4) is 0 Å². The van der Waals surface area contributed by atoms with E-state index in [0.29, 0.717) is 6.61 Å². The lowest BCUT2D eigenvalue weighted by Gasteiger charge is -2.17. The van der Waals surface area contributed by atoms with Crippen LogP contribution in [0.1, 0.15) is 27.7 Å². The zero-order valence-corrected chi connectivity index (χ0v) is 7.68. The summed E-state index contributed by atoms with van der Waals surface area (Å²) in [4.78, 5) is 11.2. The smallest absolute Gasteiger partial charge is 0.315 e. The molecule has 0 saturated heterocycles. The molecule has 0 fully saturated rings. The number of esters is 1. The van der Waals surface area contributed by atoms with Crippen molar-refractivity contribution < 1.29 is 9.53 Å². The summed E-state index contributed by atoms with van der Waals surface area (Å²) in [5.41, 5.74) is -0.481. The Kier molecular flexibility index (Phi) is 3.86. The maximum absolute atomic E-state index is 11.2. The molecule has 0 bridgehead atoms. The summed E-state index contributed by atoms with van der Waals surface area (Å²) in [6, 6.07) is 0. The zero-order valence-electron chi connectivity index (χ0n) is 7.68. The second kappa shape index (κ2) is 4.16. The molecule has 2 nitrogen and oxygen atoms in total. The van der Waals surface area contributed by atoms with Gasteiger partial charge in [0, 0.05) is 0 Å². The van der Waals surface area contributed by atoms with E-state index in [1.165, 1.54) is 0 Å². The Bertz CT molecular complexity index is 157. The van der Waals surface area contributed by atoms with Gasteiger partial charge in [0.2, 0.25) is 0 Å². The van der Waals surface area contributed by atoms with E-state index < -0.39 is 5.41 Å². The monoisotopic (exact) mass is 156 g/mol. The van der Waals surface area contributed by atoms with Crippen molar-refractivity contribution in [3.8, 4) is 0 Å². The van der Waals surface area contributed by atoms with Gasteiger partial charge >= 0.3 is 5.97 Å². The molecule has 0 aromatic heterocycles. The van der Waals surface area contributed by atoms with Gasteiger partial charge in [0.25, 0.3) is 0 Å². The maximum atomic E-state index is 11.2. The van der Waals surface area contributed by atoms with Crippen molar-refractivity contribution >= 4 is 5.97 Å². The third-order valence-electron chi connectivity index (χ3n) is 1.38. The van der Waals surface area contributed by atoms with Crippen LogP contribution in [0.2, 0.25) is 0 Å². The van der Waals surface area contributed by atoms with Crippen molar-refractivity contribution in [2.24, 2.45) is 5.41 Å². The van der Waals surface area contributed by atoms with Crippen LogP contribution in [0.5, 0.6) is 0 Å². The molecule has 0 heterocycles. The first-order valence-electron chi connectivity index (χ1n) is 3.85. The van der Waals surface area contributed by atoms with Crippen LogP contribution in [-0.2, 0) is 9.53 Å². The predicted molar refractivity (Wildman–Crippen MR) is 45.2 cm³/mol. The molecule has 0 radical (unpaired) electrons. The van der Waals surface area contributed by atoms with E-state index >= 15 is 0 Å². The number of hydrogen-bond acceptors (Lipinski definition) is 2. The third kappa shape index (κ3) is 3.21. The highest BCUT2D eigenvalue weighted by molar-refractivity contribution is 5.78. The topological polar surface area (TPSA) is 26.3 Å². The molecule has 0 aliphatic carbocycles. The summed E-state index contributed by atoms with van der Waals surface area (Å²) < 4.78 is 4.87. The molecule has 0 atom stereocenters. The van der Waals surface area contributed by atoms with E-state index in [0.717, 1.165) is 0 Å². The van der Waals surface area contributed by atoms with Gasteiger partial charge in [0.15, 0.2) is 0 Å². The first-order valence-corrected chi connectivity index (χ1v) is 3.85. The Labute approximate surface area is 68.2 Å². The lowest BCUT2D eigenvalue weighted by Crippen LogP contribution is -2.24. The quantitative estimate of drug-likeness (QED) is 0.462. The predicted octanol–water partition coefficient (Wildman–Crippen LogP) is 2.15. The van der Waals surface area contributed by atoms with E-state index in [-0.39, 0.29) is 5.97 Å². The molecule has 0 rings (SSSR count). The summed E-state index contributed by atoms with van der Waals surface area (Å²) in [6.45, 7) is 7.82. The SMILES string of the molecule is C/C=C/C(C)(C)C(=O)OCC. The van der Waals surface area contributed by atoms with Crippen LogP contribution < -0.4 is 0 Å². The molecule has 0 aliphatic rings. The van der Waals surface area contributed by atoms with Gasteiger partial charge in [-0.05, 0) is 27.7 Å². The van der Waals surface area contributed by atoms with Crippen LogP contribution in [0.25, 0.3) is 0 Å². The van der Waals surface area contributed by atoms with Gasteiger partial charge in [-0.3, -0.25) is 4.79 Å². The number of allylic oxidation sites excluding steroid dienone is 1. The standard InChI is InChI=1S/C9H16O2/c1-5-7-9(3,4)8(10)11-6-2/h5,7H,6H2,1-4H3/b7-5+. The van der Waals surface area contributed by atoms with Gasteiger partial charge in [-0.2, -0.15) is 0 Å². The van der Waals surface area contributed by atoms with Gasteiger partial charge in [0.1, 0.15) is 0 Å². The average molecular weight is 156 g/mol. The summed E-state index contributed by atoms with van der Waals surface area (Å²) in [7, 11) is 0. The minimum Gasteiger partial charge on any atom is -0.465 e. The summed E-state index contributed by atoms with van der Waals surface area (Å²) in [6.07, 6.45) is 3.70. The Balaban J connectivity index is 4.17. The van der Waals surface area contributed by atoms with E-state index in [1.807, 2.05) is 39.8 Å². The van der Waals surface area contributed by atoms with Crippen LogP contribution in [0, 0.1) is 5.41 Å². The highest BCUT2D eigenvalue weighted by atomic mass is 16.5. The molecule has 0 saturated carbocycles. The number of carbonyl (C=O) groups is 1. The summed E-state index contributed by atoms with van der Waals surface area (Å²) in [5, 5.41) is 0. The van der Waals surface area contributed by atoms with Crippen molar-refractivity contribution in [2.75, 3.05) is 6.61 Å². The highest BCUT2D eigenvalue weighted by Crippen LogP contribution is 2.18. The fourth-order valence-corrected chi connectivity index (χ4v) is 0.802. The van der Waals surface area contributed by atoms with E-state index in [4.69, 9.17) is 4.74 Å². The van der Waals surface area contributed by atoms with Gasteiger partial charge in [-0.25, -0.2) is 0 Å². The first kappa shape index (κ1) is 10.2. The Morgan fingerprint density at radius 2 is 2.09 bits per heavy atom. The van der Waals surface area contributed by atoms with Crippen molar-refractivity contribution in [3.05, 3.63) is 12.2 Å². The second-order valence-corrected chi connectivity index (χ2v) is 2.94. The first-order chi connectivity index (χ1) is 5.04. The van der Waals surface area contributed by atoms with Crippen LogP contribution in [0.15, 0.2) is 12.2 Å². The fraction of sp³-hybridized carbons (Fsp3) is 0.667. The number of carbonyl (C=O) groups excluding carboxylic acids is 1. The molecule has 0 spiro atoms. The Morgan fingerprint density at radius 3 is 2.45 bits per heavy atom.